The van der Waals surface area contributed by atoms with Crippen LogP contribution in [0.1, 0.15) is 25.0 Å². The van der Waals surface area contributed by atoms with E-state index in [1.165, 1.54) is 0 Å². The fourth-order valence-corrected chi connectivity index (χ4v) is 2.01. The predicted octanol–water partition coefficient (Wildman–Crippen LogP) is 4.18. The molecule has 0 aliphatic carbocycles. The minimum absolute atomic E-state index is 0.474. The Kier molecular flexibility index (Phi) is 4.24. The monoisotopic (exact) mass is 323 g/mol. The molecular formula is C14H18BrN3O. The van der Waals surface area contributed by atoms with Crippen LogP contribution in [0.2, 0.25) is 0 Å². The molecule has 0 saturated carbocycles. The molecule has 0 aliphatic rings. The van der Waals surface area contributed by atoms with Crippen molar-refractivity contribution in [2.45, 2.75) is 27.7 Å². The van der Waals surface area contributed by atoms with Gasteiger partial charge in [0.05, 0.1) is 0 Å². The van der Waals surface area contributed by atoms with Gasteiger partial charge in [0, 0.05) is 16.6 Å². The fraction of sp³-hybridized carbons (Fsp3) is 0.429. The van der Waals surface area contributed by atoms with Gasteiger partial charge in [-0.2, -0.15) is 4.98 Å². The molecule has 0 fully saturated rings. The first kappa shape index (κ1) is 14.1. The van der Waals surface area contributed by atoms with Crippen LogP contribution >= 0.6 is 15.9 Å². The maximum absolute atomic E-state index is 5.20. The van der Waals surface area contributed by atoms with Crippen LogP contribution in [-0.4, -0.2) is 16.7 Å². The summed E-state index contributed by atoms with van der Waals surface area (Å²) in [7, 11) is 0. The normalized spacial score (nSPS) is 11.1. The summed E-state index contributed by atoms with van der Waals surface area (Å²) >= 11 is 3.56. The Morgan fingerprint density at radius 1 is 1.26 bits per heavy atom. The van der Waals surface area contributed by atoms with E-state index in [9.17, 15) is 0 Å². The van der Waals surface area contributed by atoms with E-state index in [4.69, 9.17) is 4.52 Å². The van der Waals surface area contributed by atoms with Crippen LogP contribution in [0.25, 0.3) is 11.4 Å². The lowest BCUT2D eigenvalue weighted by Crippen LogP contribution is -2.07. The van der Waals surface area contributed by atoms with Crippen molar-refractivity contribution in [1.82, 2.24) is 10.1 Å². The molecule has 0 spiro atoms. The molecule has 1 aromatic heterocycles. The van der Waals surface area contributed by atoms with Gasteiger partial charge in [0.25, 0.3) is 0 Å². The minimum atomic E-state index is 0.474. The summed E-state index contributed by atoms with van der Waals surface area (Å²) in [6.45, 7) is 9.19. The highest BCUT2D eigenvalue weighted by Crippen LogP contribution is 2.27. The summed E-state index contributed by atoms with van der Waals surface area (Å²) in [5.41, 5.74) is 3.30. The smallest absolute Gasteiger partial charge is 0.321 e. The number of nitrogens with zero attached hydrogens (tertiary/aromatic N) is 2. The molecule has 2 aromatic rings. The van der Waals surface area contributed by atoms with Gasteiger partial charge in [0.15, 0.2) is 0 Å². The van der Waals surface area contributed by atoms with Crippen LogP contribution in [0.5, 0.6) is 0 Å². The molecule has 5 heteroatoms. The van der Waals surface area contributed by atoms with Crippen molar-refractivity contribution in [3.8, 4) is 11.4 Å². The van der Waals surface area contributed by atoms with Gasteiger partial charge in [0.1, 0.15) is 0 Å². The van der Waals surface area contributed by atoms with Gasteiger partial charge >= 0.3 is 6.01 Å². The molecule has 0 unspecified atom stereocenters. The van der Waals surface area contributed by atoms with Gasteiger partial charge in [-0.1, -0.05) is 34.9 Å². The van der Waals surface area contributed by atoms with E-state index in [-0.39, 0.29) is 0 Å². The number of aryl methyl sites for hydroxylation is 2. The van der Waals surface area contributed by atoms with Gasteiger partial charge in [0.2, 0.25) is 5.82 Å². The fourth-order valence-electron chi connectivity index (χ4n) is 1.78. The molecule has 0 bridgehead atoms. The maximum Gasteiger partial charge on any atom is 0.321 e. The van der Waals surface area contributed by atoms with Gasteiger partial charge in [-0.25, -0.2) is 0 Å². The minimum Gasteiger partial charge on any atom is -0.337 e. The van der Waals surface area contributed by atoms with E-state index in [0.717, 1.165) is 27.7 Å². The number of rotatable bonds is 4. The molecule has 0 aliphatic heterocycles. The summed E-state index contributed by atoms with van der Waals surface area (Å²) < 4.78 is 6.32. The molecule has 1 N–H and O–H groups in total. The van der Waals surface area contributed by atoms with Crippen molar-refractivity contribution in [2.24, 2.45) is 5.92 Å². The summed E-state index contributed by atoms with van der Waals surface area (Å²) in [5, 5.41) is 7.14. The van der Waals surface area contributed by atoms with Crippen molar-refractivity contribution in [3.63, 3.8) is 0 Å². The average molecular weight is 324 g/mol. The second-order valence-electron chi connectivity index (χ2n) is 5.12. The Bertz CT molecular complexity index is 555. The molecule has 19 heavy (non-hydrogen) atoms. The van der Waals surface area contributed by atoms with Crippen molar-refractivity contribution in [1.29, 1.82) is 0 Å². The summed E-state index contributed by atoms with van der Waals surface area (Å²) in [6.07, 6.45) is 0. The summed E-state index contributed by atoms with van der Waals surface area (Å²) in [6, 6.07) is 4.57. The Morgan fingerprint density at radius 2 is 1.89 bits per heavy atom. The van der Waals surface area contributed by atoms with Gasteiger partial charge in [-0.05, 0) is 43.0 Å². The number of aromatic nitrogens is 2. The SMILES string of the molecule is Cc1cc(-c2noc(NCC(C)C)n2)cc(C)c1Br. The second-order valence-corrected chi connectivity index (χ2v) is 5.91. The van der Waals surface area contributed by atoms with Crippen LogP contribution in [0.3, 0.4) is 0 Å². The topological polar surface area (TPSA) is 51.0 Å². The lowest BCUT2D eigenvalue weighted by atomic mass is 10.1. The number of nitrogens with one attached hydrogen (secondary N) is 1. The highest BCUT2D eigenvalue weighted by molar-refractivity contribution is 9.10. The first-order valence-electron chi connectivity index (χ1n) is 6.32. The van der Waals surface area contributed by atoms with Crippen LogP contribution in [-0.2, 0) is 0 Å². The molecule has 102 valence electrons. The van der Waals surface area contributed by atoms with Crippen LogP contribution in [0, 0.1) is 19.8 Å². The Hall–Kier alpha value is -1.36. The summed E-state index contributed by atoms with van der Waals surface area (Å²) in [5.74, 6) is 1.15. The molecule has 1 heterocycles. The predicted molar refractivity (Wildman–Crippen MR) is 80.2 cm³/mol. The zero-order valence-corrected chi connectivity index (χ0v) is 13.2. The van der Waals surface area contributed by atoms with Crippen molar-refractivity contribution >= 4 is 21.9 Å². The number of anilines is 1. The highest BCUT2D eigenvalue weighted by Gasteiger charge is 2.11. The summed E-state index contributed by atoms with van der Waals surface area (Å²) in [4.78, 5) is 4.36. The number of benzene rings is 1. The molecule has 0 saturated heterocycles. The zero-order valence-electron chi connectivity index (χ0n) is 11.6. The molecule has 0 amide bonds. The van der Waals surface area contributed by atoms with E-state index in [2.05, 4.69) is 59.1 Å². The number of hydrogen-bond donors (Lipinski definition) is 1. The van der Waals surface area contributed by atoms with Crippen LogP contribution in [0.15, 0.2) is 21.1 Å². The average Bonchev–Trinajstić information content (AvgIpc) is 2.81. The molecular weight excluding hydrogens is 306 g/mol. The molecule has 0 atom stereocenters. The third-order valence-corrected chi connectivity index (χ3v) is 4.03. The Morgan fingerprint density at radius 3 is 2.47 bits per heavy atom. The van der Waals surface area contributed by atoms with Crippen LogP contribution < -0.4 is 5.32 Å². The van der Waals surface area contributed by atoms with E-state index >= 15 is 0 Å². The second kappa shape index (κ2) is 5.74. The third-order valence-electron chi connectivity index (χ3n) is 2.78. The van der Waals surface area contributed by atoms with Gasteiger partial charge in [-0.15, -0.1) is 0 Å². The zero-order chi connectivity index (χ0) is 14.0. The highest BCUT2D eigenvalue weighted by atomic mass is 79.9. The lowest BCUT2D eigenvalue weighted by molar-refractivity contribution is 0.429. The van der Waals surface area contributed by atoms with E-state index in [1.807, 2.05) is 12.1 Å². The standard InChI is InChI=1S/C14H18BrN3O/c1-8(2)7-16-14-17-13(18-19-14)11-5-9(3)12(15)10(4)6-11/h5-6,8H,7H2,1-4H3,(H,16,17,18). The molecule has 2 rings (SSSR count). The number of halogens is 1. The third kappa shape index (κ3) is 3.35. The van der Waals surface area contributed by atoms with E-state index in [0.29, 0.717) is 17.8 Å². The number of hydrogen-bond acceptors (Lipinski definition) is 4. The molecule has 1 aromatic carbocycles. The van der Waals surface area contributed by atoms with Crippen LogP contribution in [0.4, 0.5) is 6.01 Å². The largest absolute Gasteiger partial charge is 0.337 e. The van der Waals surface area contributed by atoms with Crippen molar-refractivity contribution in [2.75, 3.05) is 11.9 Å². The molecule has 0 radical (unpaired) electrons. The Labute approximate surface area is 121 Å². The van der Waals surface area contributed by atoms with E-state index in [1.54, 1.807) is 0 Å². The quantitative estimate of drug-likeness (QED) is 0.916. The maximum atomic E-state index is 5.20. The van der Waals surface area contributed by atoms with E-state index < -0.39 is 0 Å². The lowest BCUT2D eigenvalue weighted by Gasteiger charge is -2.04. The molecule has 4 nitrogen and oxygen atoms in total. The van der Waals surface area contributed by atoms with Gasteiger partial charge in [-0.3, -0.25) is 0 Å². The van der Waals surface area contributed by atoms with Crippen molar-refractivity contribution in [3.05, 3.63) is 27.7 Å². The Balaban J connectivity index is 2.23. The first-order chi connectivity index (χ1) is 8.97. The first-order valence-corrected chi connectivity index (χ1v) is 7.11. The van der Waals surface area contributed by atoms with Gasteiger partial charge < -0.3 is 9.84 Å². The van der Waals surface area contributed by atoms with Crippen molar-refractivity contribution < 1.29 is 4.52 Å².